The fourth-order valence-corrected chi connectivity index (χ4v) is 3.85. The summed E-state index contributed by atoms with van der Waals surface area (Å²) in [7, 11) is 0. The van der Waals surface area contributed by atoms with E-state index in [0.717, 1.165) is 17.4 Å². The van der Waals surface area contributed by atoms with E-state index in [1.807, 2.05) is 18.7 Å². The van der Waals surface area contributed by atoms with Gasteiger partial charge in [-0.3, -0.25) is 5.10 Å². The molecule has 0 spiro atoms. The molecule has 1 N–H and O–H groups in total. The second kappa shape index (κ2) is 4.63. The summed E-state index contributed by atoms with van der Waals surface area (Å²) in [5.74, 6) is 2.56. The Bertz CT molecular complexity index is 781. The molecular weight excluding hydrogens is 266 g/mol. The van der Waals surface area contributed by atoms with Gasteiger partial charge in [-0.1, -0.05) is 24.3 Å². The fraction of sp³-hybridized carbons (Fsp3) is 0.250. The Morgan fingerprint density at radius 1 is 1.15 bits per heavy atom. The Morgan fingerprint density at radius 3 is 2.80 bits per heavy atom. The van der Waals surface area contributed by atoms with Crippen molar-refractivity contribution in [1.82, 2.24) is 15.2 Å². The second-order valence-electron chi connectivity index (χ2n) is 5.19. The highest BCUT2D eigenvalue weighted by Crippen LogP contribution is 2.37. The molecule has 1 heterocycles. The molecule has 1 aromatic heterocycles. The first-order valence-corrected chi connectivity index (χ1v) is 7.84. The molecule has 3 aromatic rings. The largest absolute Gasteiger partial charge is 0.263 e. The van der Waals surface area contributed by atoms with Crippen LogP contribution in [-0.4, -0.2) is 15.2 Å². The molecule has 4 rings (SSSR count). The molecule has 1 aliphatic carbocycles. The van der Waals surface area contributed by atoms with E-state index in [1.165, 1.54) is 39.6 Å². The van der Waals surface area contributed by atoms with Crippen molar-refractivity contribution < 1.29 is 0 Å². The van der Waals surface area contributed by atoms with Crippen LogP contribution >= 0.6 is 11.8 Å². The van der Waals surface area contributed by atoms with Gasteiger partial charge in [-0.15, -0.1) is 11.8 Å². The predicted molar refractivity (Wildman–Crippen MR) is 82.0 cm³/mol. The molecule has 0 fully saturated rings. The molecule has 0 radical (unpaired) electrons. The van der Waals surface area contributed by atoms with E-state index in [0.29, 0.717) is 0 Å². The number of thioether (sulfide) groups is 1. The summed E-state index contributed by atoms with van der Waals surface area (Å²) < 4.78 is 0. The van der Waals surface area contributed by atoms with Crippen molar-refractivity contribution in [2.45, 2.75) is 30.4 Å². The Labute approximate surface area is 121 Å². The molecule has 0 aliphatic heterocycles. The Kier molecular flexibility index (Phi) is 2.77. The minimum atomic E-state index is 0.809. The summed E-state index contributed by atoms with van der Waals surface area (Å²) in [5, 5.41) is 9.96. The minimum Gasteiger partial charge on any atom is -0.263 e. The summed E-state index contributed by atoms with van der Waals surface area (Å²) in [6.45, 7) is 1.93. The van der Waals surface area contributed by atoms with Crippen molar-refractivity contribution in [3.8, 4) is 0 Å². The van der Waals surface area contributed by atoms with Crippen molar-refractivity contribution in [3.63, 3.8) is 0 Å². The van der Waals surface area contributed by atoms with E-state index < -0.39 is 0 Å². The Balaban J connectivity index is 1.70. The minimum absolute atomic E-state index is 0.809. The SMILES string of the molecule is Cc1nc(CSc2ccc3c4c(cccc24)CC3)n[nH]1. The van der Waals surface area contributed by atoms with Crippen LogP contribution in [0.3, 0.4) is 0 Å². The summed E-state index contributed by atoms with van der Waals surface area (Å²) in [6.07, 6.45) is 2.36. The number of benzene rings is 2. The molecule has 0 atom stereocenters. The van der Waals surface area contributed by atoms with Gasteiger partial charge in [0.05, 0.1) is 5.75 Å². The average molecular weight is 281 g/mol. The number of aromatic amines is 1. The van der Waals surface area contributed by atoms with Crippen molar-refractivity contribution in [3.05, 3.63) is 53.1 Å². The molecule has 20 heavy (non-hydrogen) atoms. The lowest BCUT2D eigenvalue weighted by molar-refractivity contribution is 1.01. The summed E-state index contributed by atoms with van der Waals surface area (Å²) >= 11 is 1.82. The maximum absolute atomic E-state index is 4.37. The normalized spacial score (nSPS) is 13.2. The fourth-order valence-electron chi connectivity index (χ4n) is 2.94. The van der Waals surface area contributed by atoms with Crippen LogP contribution in [0.5, 0.6) is 0 Å². The van der Waals surface area contributed by atoms with E-state index in [4.69, 9.17) is 0 Å². The zero-order valence-electron chi connectivity index (χ0n) is 11.3. The quantitative estimate of drug-likeness (QED) is 0.745. The van der Waals surface area contributed by atoms with Gasteiger partial charge in [0.25, 0.3) is 0 Å². The Morgan fingerprint density at radius 2 is 2.00 bits per heavy atom. The number of aromatic nitrogens is 3. The van der Waals surface area contributed by atoms with Gasteiger partial charge in [0.1, 0.15) is 5.82 Å². The summed E-state index contributed by atoms with van der Waals surface area (Å²) in [6, 6.07) is 11.2. The van der Waals surface area contributed by atoms with Crippen LogP contribution in [0.1, 0.15) is 22.8 Å². The van der Waals surface area contributed by atoms with Gasteiger partial charge in [0.2, 0.25) is 0 Å². The first-order chi connectivity index (χ1) is 9.81. The van der Waals surface area contributed by atoms with Crippen LogP contribution in [0.2, 0.25) is 0 Å². The number of aryl methyl sites for hydroxylation is 3. The van der Waals surface area contributed by atoms with Crippen LogP contribution in [0.15, 0.2) is 35.2 Å². The maximum Gasteiger partial charge on any atom is 0.160 e. The molecule has 1 aliphatic rings. The van der Waals surface area contributed by atoms with Crippen LogP contribution in [0.25, 0.3) is 10.8 Å². The predicted octanol–water partition coefficient (Wildman–Crippen LogP) is 3.66. The number of hydrogen-bond acceptors (Lipinski definition) is 3. The standard InChI is InChI=1S/C16H15N3S/c1-10-17-15(19-18-10)9-20-14-8-7-12-6-5-11-3-2-4-13(14)16(11)12/h2-4,7-8H,5-6,9H2,1H3,(H,17,18,19). The van der Waals surface area contributed by atoms with Gasteiger partial charge in [-0.25, -0.2) is 4.98 Å². The van der Waals surface area contributed by atoms with Crippen LogP contribution in [-0.2, 0) is 18.6 Å². The molecular formula is C16H15N3S. The zero-order valence-corrected chi connectivity index (χ0v) is 12.1. The van der Waals surface area contributed by atoms with E-state index in [-0.39, 0.29) is 0 Å². The van der Waals surface area contributed by atoms with Crippen LogP contribution in [0.4, 0.5) is 0 Å². The highest BCUT2D eigenvalue weighted by Gasteiger charge is 2.16. The molecule has 0 amide bonds. The van der Waals surface area contributed by atoms with Gasteiger partial charge in [-0.05, 0) is 47.7 Å². The topological polar surface area (TPSA) is 41.6 Å². The lowest BCUT2D eigenvalue weighted by Crippen LogP contribution is -1.86. The van der Waals surface area contributed by atoms with Crippen LogP contribution in [0, 0.1) is 6.92 Å². The lowest BCUT2D eigenvalue weighted by Gasteiger charge is -2.07. The third-order valence-corrected chi connectivity index (χ3v) is 4.91. The van der Waals surface area contributed by atoms with Gasteiger partial charge in [-0.2, -0.15) is 5.10 Å². The molecule has 0 unspecified atom stereocenters. The average Bonchev–Trinajstić information content (AvgIpc) is 3.06. The van der Waals surface area contributed by atoms with Gasteiger partial charge >= 0.3 is 0 Å². The molecule has 100 valence electrons. The maximum atomic E-state index is 4.37. The van der Waals surface area contributed by atoms with Crippen molar-refractivity contribution in [1.29, 1.82) is 0 Å². The molecule has 3 nitrogen and oxygen atoms in total. The van der Waals surface area contributed by atoms with Crippen LogP contribution < -0.4 is 0 Å². The highest BCUT2D eigenvalue weighted by atomic mass is 32.2. The first-order valence-electron chi connectivity index (χ1n) is 6.85. The number of hydrogen-bond donors (Lipinski definition) is 1. The van der Waals surface area contributed by atoms with E-state index in [1.54, 1.807) is 0 Å². The summed E-state index contributed by atoms with van der Waals surface area (Å²) in [4.78, 5) is 5.69. The van der Waals surface area contributed by atoms with Gasteiger partial charge in [0.15, 0.2) is 5.82 Å². The van der Waals surface area contributed by atoms with Crippen molar-refractivity contribution in [2.24, 2.45) is 0 Å². The molecule has 4 heteroatoms. The van der Waals surface area contributed by atoms with Gasteiger partial charge < -0.3 is 0 Å². The molecule has 0 saturated carbocycles. The van der Waals surface area contributed by atoms with E-state index >= 15 is 0 Å². The van der Waals surface area contributed by atoms with Gasteiger partial charge in [0, 0.05) is 4.90 Å². The number of H-pyrrole nitrogens is 1. The number of nitrogens with one attached hydrogen (secondary N) is 1. The third-order valence-electron chi connectivity index (χ3n) is 3.84. The Hall–Kier alpha value is -1.81. The smallest absolute Gasteiger partial charge is 0.160 e. The lowest BCUT2D eigenvalue weighted by atomic mass is 10.1. The monoisotopic (exact) mass is 281 g/mol. The highest BCUT2D eigenvalue weighted by molar-refractivity contribution is 7.98. The summed E-state index contributed by atoms with van der Waals surface area (Å²) in [5.41, 5.74) is 2.99. The number of nitrogens with zero attached hydrogens (tertiary/aromatic N) is 2. The van der Waals surface area contributed by atoms with Crippen molar-refractivity contribution >= 4 is 22.5 Å². The number of rotatable bonds is 3. The zero-order chi connectivity index (χ0) is 13.5. The second-order valence-corrected chi connectivity index (χ2v) is 6.21. The van der Waals surface area contributed by atoms with E-state index in [9.17, 15) is 0 Å². The molecule has 0 bridgehead atoms. The first kappa shape index (κ1) is 12.0. The van der Waals surface area contributed by atoms with Crippen molar-refractivity contribution in [2.75, 3.05) is 0 Å². The molecule has 2 aromatic carbocycles. The third kappa shape index (κ3) is 1.91. The molecule has 0 saturated heterocycles. The van der Waals surface area contributed by atoms with E-state index in [2.05, 4.69) is 45.5 Å².